The molecule has 164 valence electrons. The smallest absolute Gasteiger partial charge is 0.336 e. The number of piperidine rings is 1. The summed E-state index contributed by atoms with van der Waals surface area (Å²) in [6, 6.07) is 7.02. The quantitative estimate of drug-likeness (QED) is 0.537. The van der Waals surface area contributed by atoms with Gasteiger partial charge in [-0.05, 0) is 42.5 Å². The van der Waals surface area contributed by atoms with Crippen LogP contribution in [0.25, 0.3) is 5.65 Å². The van der Waals surface area contributed by atoms with Crippen molar-refractivity contribution in [1.29, 1.82) is 0 Å². The Morgan fingerprint density at radius 2 is 1.61 bits per heavy atom. The van der Waals surface area contributed by atoms with Crippen molar-refractivity contribution < 1.29 is 31.1 Å². The summed E-state index contributed by atoms with van der Waals surface area (Å²) in [5.74, 6) is -1.03. The first-order valence-electron chi connectivity index (χ1n) is 9.43. The van der Waals surface area contributed by atoms with E-state index in [1.165, 1.54) is 21.4 Å². The summed E-state index contributed by atoms with van der Waals surface area (Å²) >= 11 is 0. The number of likely N-dealkylation sites (tertiary alicyclic amines) is 1. The van der Waals surface area contributed by atoms with E-state index in [2.05, 4.69) is 10.2 Å². The first-order chi connectivity index (χ1) is 14.6. The highest BCUT2D eigenvalue weighted by atomic mass is 19.4. The van der Waals surface area contributed by atoms with E-state index in [4.69, 9.17) is 0 Å². The predicted molar refractivity (Wildman–Crippen MR) is 97.3 cm³/mol. The maximum absolute atomic E-state index is 13.3. The number of halogens is 6. The van der Waals surface area contributed by atoms with Crippen LogP contribution in [0, 0.1) is 0 Å². The van der Waals surface area contributed by atoms with Crippen LogP contribution in [-0.2, 0) is 12.4 Å². The lowest BCUT2D eigenvalue weighted by molar-refractivity contribution is -0.139. The molecule has 1 aliphatic rings. The summed E-state index contributed by atoms with van der Waals surface area (Å²) < 4.78 is 79.6. The lowest BCUT2D eigenvalue weighted by atomic mass is 9.86. The van der Waals surface area contributed by atoms with Gasteiger partial charge in [0.05, 0.1) is 11.1 Å². The Morgan fingerprint density at radius 1 is 0.935 bits per heavy atom. The van der Waals surface area contributed by atoms with Crippen molar-refractivity contribution in [2.45, 2.75) is 31.1 Å². The van der Waals surface area contributed by atoms with E-state index in [0.717, 1.165) is 24.4 Å². The summed E-state index contributed by atoms with van der Waals surface area (Å²) in [6.45, 7) is 0.399. The molecule has 0 radical (unpaired) electrons. The molecule has 1 fully saturated rings. The standard InChI is InChI=1S/C20H16F6N4O/c21-19(22,23)13-7-10-30-16(11-13)27-28-17(30)18(31)29-8-5-12(6-9-29)14-3-1-2-4-15(14)20(24,25)26/h1-4,7,10-12H,5-6,8-9H2. The zero-order valence-corrected chi connectivity index (χ0v) is 15.9. The Labute approximate surface area is 172 Å². The van der Waals surface area contributed by atoms with Gasteiger partial charge < -0.3 is 4.90 Å². The van der Waals surface area contributed by atoms with Gasteiger partial charge in [-0.3, -0.25) is 9.20 Å². The summed E-state index contributed by atoms with van der Waals surface area (Å²) in [4.78, 5) is 14.3. The maximum Gasteiger partial charge on any atom is 0.416 e. The zero-order valence-electron chi connectivity index (χ0n) is 15.9. The molecule has 0 unspecified atom stereocenters. The molecule has 31 heavy (non-hydrogen) atoms. The number of alkyl halides is 6. The lowest BCUT2D eigenvalue weighted by Crippen LogP contribution is -2.39. The third-order valence-corrected chi connectivity index (χ3v) is 5.42. The largest absolute Gasteiger partial charge is 0.416 e. The molecule has 1 amide bonds. The van der Waals surface area contributed by atoms with Crippen LogP contribution in [0.1, 0.15) is 46.1 Å². The molecular formula is C20H16F6N4O. The minimum atomic E-state index is -4.55. The molecule has 3 heterocycles. The SMILES string of the molecule is O=C(c1nnc2cc(C(F)(F)F)ccn12)N1CCC(c2ccccc2C(F)(F)F)CC1. The second-order valence-corrected chi connectivity index (χ2v) is 7.32. The molecule has 0 aliphatic carbocycles. The van der Waals surface area contributed by atoms with Crippen LogP contribution in [0.15, 0.2) is 42.6 Å². The molecule has 0 N–H and O–H groups in total. The highest BCUT2D eigenvalue weighted by Gasteiger charge is 2.36. The molecule has 1 aliphatic heterocycles. The molecule has 11 heteroatoms. The summed E-state index contributed by atoms with van der Waals surface area (Å²) in [7, 11) is 0. The molecule has 0 bridgehead atoms. The predicted octanol–water partition coefficient (Wildman–Crippen LogP) is 4.79. The number of amides is 1. The van der Waals surface area contributed by atoms with E-state index in [9.17, 15) is 31.1 Å². The number of aromatic nitrogens is 3. The van der Waals surface area contributed by atoms with Crippen molar-refractivity contribution >= 4 is 11.6 Å². The number of hydrogen-bond donors (Lipinski definition) is 0. The Balaban J connectivity index is 1.51. The molecule has 0 atom stereocenters. The molecule has 0 spiro atoms. The van der Waals surface area contributed by atoms with Gasteiger partial charge in [-0.2, -0.15) is 26.3 Å². The van der Waals surface area contributed by atoms with Gasteiger partial charge >= 0.3 is 12.4 Å². The highest BCUT2D eigenvalue weighted by molar-refractivity contribution is 5.91. The van der Waals surface area contributed by atoms with Crippen LogP contribution in [0.2, 0.25) is 0 Å². The highest BCUT2D eigenvalue weighted by Crippen LogP contribution is 2.38. The first-order valence-corrected chi connectivity index (χ1v) is 9.43. The van der Waals surface area contributed by atoms with Crippen molar-refractivity contribution in [3.05, 3.63) is 65.1 Å². The fourth-order valence-electron chi connectivity index (χ4n) is 3.86. The Morgan fingerprint density at radius 3 is 2.26 bits per heavy atom. The van der Waals surface area contributed by atoms with E-state index in [-0.39, 0.29) is 36.0 Å². The number of carbonyl (C=O) groups is 1. The van der Waals surface area contributed by atoms with E-state index < -0.39 is 29.4 Å². The Kier molecular flexibility index (Phi) is 5.14. The van der Waals surface area contributed by atoms with Crippen LogP contribution in [0.5, 0.6) is 0 Å². The zero-order chi connectivity index (χ0) is 22.4. The number of fused-ring (bicyclic) bond motifs is 1. The summed E-state index contributed by atoms with van der Waals surface area (Å²) in [5, 5.41) is 7.37. The molecule has 3 aromatic rings. The van der Waals surface area contributed by atoms with Crippen LogP contribution in [-0.4, -0.2) is 38.5 Å². The van der Waals surface area contributed by atoms with Gasteiger partial charge in [-0.25, -0.2) is 0 Å². The lowest BCUT2D eigenvalue weighted by Gasteiger charge is -2.32. The molecule has 0 saturated carbocycles. The molecule has 1 saturated heterocycles. The van der Waals surface area contributed by atoms with Crippen LogP contribution in [0.3, 0.4) is 0 Å². The second kappa shape index (κ2) is 7.54. The van der Waals surface area contributed by atoms with Crippen molar-refractivity contribution in [2.75, 3.05) is 13.1 Å². The minimum Gasteiger partial charge on any atom is -0.336 e. The van der Waals surface area contributed by atoms with Crippen molar-refractivity contribution in [2.24, 2.45) is 0 Å². The molecule has 4 rings (SSSR count). The fraction of sp³-hybridized carbons (Fsp3) is 0.350. The topological polar surface area (TPSA) is 50.5 Å². The molecular weight excluding hydrogens is 426 g/mol. The number of rotatable bonds is 2. The van der Waals surface area contributed by atoms with E-state index >= 15 is 0 Å². The molecule has 5 nitrogen and oxygen atoms in total. The van der Waals surface area contributed by atoms with Crippen LogP contribution >= 0.6 is 0 Å². The van der Waals surface area contributed by atoms with Crippen LogP contribution < -0.4 is 0 Å². The third-order valence-electron chi connectivity index (χ3n) is 5.42. The van der Waals surface area contributed by atoms with Crippen molar-refractivity contribution in [3.63, 3.8) is 0 Å². The fourth-order valence-corrected chi connectivity index (χ4v) is 3.86. The van der Waals surface area contributed by atoms with Crippen LogP contribution in [0.4, 0.5) is 26.3 Å². The first kappa shape index (κ1) is 21.1. The van der Waals surface area contributed by atoms with E-state index in [1.54, 1.807) is 6.07 Å². The summed E-state index contributed by atoms with van der Waals surface area (Å²) in [5.41, 5.74) is -1.50. The average molecular weight is 442 g/mol. The maximum atomic E-state index is 13.3. The minimum absolute atomic E-state index is 0.118. The van der Waals surface area contributed by atoms with Gasteiger partial charge in [0.25, 0.3) is 5.91 Å². The van der Waals surface area contributed by atoms with Gasteiger partial charge in [0.15, 0.2) is 5.65 Å². The van der Waals surface area contributed by atoms with Crippen molar-refractivity contribution in [1.82, 2.24) is 19.5 Å². The van der Waals surface area contributed by atoms with Gasteiger partial charge in [0, 0.05) is 19.3 Å². The van der Waals surface area contributed by atoms with Gasteiger partial charge in [-0.1, -0.05) is 18.2 Å². The molecule has 2 aromatic heterocycles. The normalized spacial score (nSPS) is 16.1. The number of hydrogen-bond acceptors (Lipinski definition) is 3. The van der Waals surface area contributed by atoms with Gasteiger partial charge in [-0.15, -0.1) is 10.2 Å². The third kappa shape index (κ3) is 4.08. The number of carbonyl (C=O) groups excluding carboxylic acids is 1. The summed E-state index contributed by atoms with van der Waals surface area (Å²) in [6.07, 6.45) is -7.27. The van der Waals surface area contributed by atoms with Crippen molar-refractivity contribution in [3.8, 4) is 0 Å². The number of pyridine rings is 1. The monoisotopic (exact) mass is 442 g/mol. The van der Waals surface area contributed by atoms with Gasteiger partial charge in [0.1, 0.15) is 0 Å². The van der Waals surface area contributed by atoms with E-state index in [0.29, 0.717) is 12.8 Å². The number of nitrogens with zero attached hydrogens (tertiary/aromatic N) is 4. The Bertz CT molecular complexity index is 1110. The Hall–Kier alpha value is -3.11. The second-order valence-electron chi connectivity index (χ2n) is 7.32. The van der Waals surface area contributed by atoms with Gasteiger partial charge in [0.2, 0.25) is 5.82 Å². The molecule has 1 aromatic carbocycles. The average Bonchev–Trinajstić information content (AvgIpc) is 3.15. The van der Waals surface area contributed by atoms with E-state index in [1.807, 2.05) is 0 Å². The number of benzene rings is 1.